The highest BCUT2D eigenvalue weighted by atomic mass is 32.2. The number of sulfonamides is 1. The minimum Gasteiger partial charge on any atom is -0.326 e. The first kappa shape index (κ1) is 28.1. The molecule has 1 aliphatic heterocycles. The van der Waals surface area contributed by atoms with Gasteiger partial charge >= 0.3 is 5.76 Å². The van der Waals surface area contributed by atoms with Gasteiger partial charge in [-0.3, -0.25) is 4.79 Å². The van der Waals surface area contributed by atoms with Crippen molar-refractivity contribution in [1.29, 1.82) is 0 Å². The summed E-state index contributed by atoms with van der Waals surface area (Å²) in [6.07, 6.45) is 5.10. The van der Waals surface area contributed by atoms with E-state index >= 15 is 0 Å². The van der Waals surface area contributed by atoms with E-state index < -0.39 is 33.5 Å². The fourth-order valence-corrected chi connectivity index (χ4v) is 7.29. The molecule has 1 N–H and O–H groups in total. The molecule has 11 heteroatoms. The summed E-state index contributed by atoms with van der Waals surface area (Å²) < 4.78 is 54.9. The number of carbonyl (C=O) groups is 1. The molecule has 0 spiro atoms. The second kappa shape index (κ2) is 10.2. The molecule has 0 radical (unpaired) electrons. The summed E-state index contributed by atoms with van der Waals surface area (Å²) >= 11 is 0. The molecule has 0 unspecified atom stereocenters. The van der Waals surface area contributed by atoms with E-state index in [9.17, 15) is 22.0 Å². The number of benzene rings is 1. The van der Waals surface area contributed by atoms with Crippen LogP contribution in [0.1, 0.15) is 93.5 Å². The maximum atomic E-state index is 13.6. The molecule has 1 aromatic carbocycles. The number of halogens is 2. The van der Waals surface area contributed by atoms with E-state index in [-0.39, 0.29) is 30.5 Å². The Balaban J connectivity index is 1.44. The van der Waals surface area contributed by atoms with E-state index in [2.05, 4.69) is 40.9 Å². The standard InChI is InChI=1S/C28H39F2N5O3S/c1-16-6-9-23(17(2)10-16)31-26(36)22-15-34(39(37,38)27(29)30)14-21(22)25-33-32-24(35(25)20-7-8-20)19-11-18(12-19)13-28(3,4)5/h6,9-10,18-22,27H,7-8,11-15H2,1-5H3,(H,31,36)/t18?,19?,21-,22-/m0/s1. The molecule has 39 heavy (non-hydrogen) atoms. The molecule has 3 aliphatic rings. The molecule has 1 saturated heterocycles. The van der Waals surface area contributed by atoms with Crippen molar-refractivity contribution in [3.8, 4) is 0 Å². The smallest absolute Gasteiger partial charge is 0.326 e. The van der Waals surface area contributed by atoms with Crippen molar-refractivity contribution < 1.29 is 22.0 Å². The molecule has 214 valence electrons. The average molecular weight is 564 g/mol. The van der Waals surface area contributed by atoms with Gasteiger partial charge in [-0.2, -0.15) is 13.1 Å². The Morgan fingerprint density at radius 1 is 1.10 bits per heavy atom. The van der Waals surface area contributed by atoms with Gasteiger partial charge in [0.1, 0.15) is 11.6 Å². The highest BCUT2D eigenvalue weighted by Gasteiger charge is 2.49. The summed E-state index contributed by atoms with van der Waals surface area (Å²) in [6, 6.07) is 5.83. The molecule has 0 bridgehead atoms. The minimum atomic E-state index is -4.85. The molecular weight excluding hydrogens is 524 g/mol. The Kier molecular flexibility index (Phi) is 7.37. The van der Waals surface area contributed by atoms with Crippen LogP contribution in [0.4, 0.5) is 14.5 Å². The van der Waals surface area contributed by atoms with Crippen molar-refractivity contribution >= 4 is 21.6 Å². The Morgan fingerprint density at radius 3 is 2.36 bits per heavy atom. The topological polar surface area (TPSA) is 97.2 Å². The third-order valence-corrected chi connectivity index (χ3v) is 9.81. The third kappa shape index (κ3) is 5.75. The number of anilines is 1. The summed E-state index contributed by atoms with van der Waals surface area (Å²) in [6.45, 7) is 10.0. The van der Waals surface area contributed by atoms with Gasteiger partial charge in [0.15, 0.2) is 0 Å². The molecule has 3 fully saturated rings. The predicted octanol–water partition coefficient (Wildman–Crippen LogP) is 5.37. The zero-order chi connectivity index (χ0) is 28.3. The summed E-state index contributed by atoms with van der Waals surface area (Å²) in [5, 5.41) is 12.0. The molecule has 1 amide bonds. The number of hydrogen-bond acceptors (Lipinski definition) is 5. The molecule has 1 aromatic heterocycles. The summed E-state index contributed by atoms with van der Waals surface area (Å²) in [4.78, 5) is 13.6. The number of aryl methyl sites for hydroxylation is 2. The molecule has 2 aliphatic carbocycles. The molecular formula is C28H39F2N5O3S. The Morgan fingerprint density at radius 2 is 1.77 bits per heavy atom. The zero-order valence-corrected chi connectivity index (χ0v) is 24.1. The van der Waals surface area contributed by atoms with Gasteiger partial charge in [-0.15, -0.1) is 10.2 Å². The first-order chi connectivity index (χ1) is 18.2. The van der Waals surface area contributed by atoms with Crippen LogP contribution >= 0.6 is 0 Å². The molecule has 2 atom stereocenters. The summed E-state index contributed by atoms with van der Waals surface area (Å²) in [5.74, 6) is -3.17. The lowest BCUT2D eigenvalue weighted by Gasteiger charge is -2.38. The van der Waals surface area contributed by atoms with Crippen LogP contribution in [0.25, 0.3) is 0 Å². The van der Waals surface area contributed by atoms with Crippen molar-refractivity contribution in [2.24, 2.45) is 17.3 Å². The van der Waals surface area contributed by atoms with Crippen LogP contribution in [0, 0.1) is 31.1 Å². The second-order valence-corrected chi connectivity index (χ2v) is 14.9. The average Bonchev–Trinajstić information content (AvgIpc) is 3.39. The van der Waals surface area contributed by atoms with Gasteiger partial charge < -0.3 is 9.88 Å². The number of amides is 1. The molecule has 2 saturated carbocycles. The van der Waals surface area contributed by atoms with Crippen LogP contribution in [0.2, 0.25) is 0 Å². The van der Waals surface area contributed by atoms with E-state index in [0.29, 0.717) is 17.4 Å². The third-order valence-electron chi connectivity index (χ3n) is 8.34. The number of alkyl halides is 2. The number of nitrogens with zero attached hydrogens (tertiary/aromatic N) is 4. The predicted molar refractivity (Wildman–Crippen MR) is 145 cm³/mol. The van der Waals surface area contributed by atoms with Gasteiger partial charge in [0.25, 0.3) is 10.0 Å². The highest BCUT2D eigenvalue weighted by Crippen LogP contribution is 2.50. The maximum absolute atomic E-state index is 13.6. The van der Waals surface area contributed by atoms with Gasteiger partial charge in [-0.05, 0) is 68.9 Å². The van der Waals surface area contributed by atoms with Crippen LogP contribution in [-0.2, 0) is 14.8 Å². The van der Waals surface area contributed by atoms with Crippen molar-refractivity contribution in [3.63, 3.8) is 0 Å². The van der Waals surface area contributed by atoms with Crippen molar-refractivity contribution in [2.45, 2.75) is 90.4 Å². The van der Waals surface area contributed by atoms with E-state index in [0.717, 1.165) is 53.4 Å². The molecule has 2 heterocycles. The number of rotatable bonds is 8. The van der Waals surface area contributed by atoms with Gasteiger partial charge in [-0.1, -0.05) is 38.5 Å². The van der Waals surface area contributed by atoms with E-state index in [1.165, 1.54) is 0 Å². The van der Waals surface area contributed by atoms with Gasteiger partial charge in [0.05, 0.1) is 5.92 Å². The summed E-state index contributed by atoms with van der Waals surface area (Å²) in [7, 11) is -4.85. The number of nitrogens with one attached hydrogen (secondary N) is 1. The first-order valence-corrected chi connectivity index (χ1v) is 15.3. The second-order valence-electron chi connectivity index (χ2n) is 13.0. The number of hydrogen-bond donors (Lipinski definition) is 1. The van der Waals surface area contributed by atoms with E-state index in [1.54, 1.807) is 6.07 Å². The fraction of sp³-hybridized carbons (Fsp3) is 0.679. The van der Waals surface area contributed by atoms with Gasteiger partial charge in [0.2, 0.25) is 5.91 Å². The van der Waals surface area contributed by atoms with Crippen LogP contribution in [0.15, 0.2) is 18.2 Å². The monoisotopic (exact) mass is 563 g/mol. The van der Waals surface area contributed by atoms with Crippen LogP contribution < -0.4 is 5.32 Å². The lowest BCUT2D eigenvalue weighted by atomic mass is 9.68. The Hall–Kier alpha value is -2.40. The van der Waals surface area contributed by atoms with Crippen LogP contribution in [0.3, 0.4) is 0 Å². The SMILES string of the molecule is Cc1ccc(NC(=O)[C@H]2CN(S(=O)(=O)C(F)F)C[C@@H]2c2nnc(C3CC(CC(C)(C)C)C3)n2C2CC2)c(C)c1. The van der Waals surface area contributed by atoms with Gasteiger partial charge in [0, 0.05) is 36.7 Å². The molecule has 8 nitrogen and oxygen atoms in total. The van der Waals surface area contributed by atoms with Crippen molar-refractivity contribution in [3.05, 3.63) is 41.0 Å². The molecule has 2 aromatic rings. The maximum Gasteiger partial charge on any atom is 0.350 e. The van der Waals surface area contributed by atoms with Gasteiger partial charge in [-0.25, -0.2) is 8.42 Å². The quantitative estimate of drug-likeness (QED) is 0.466. The molecule has 5 rings (SSSR count). The Labute approximate surface area is 229 Å². The number of carbonyl (C=O) groups excluding carboxylic acids is 1. The fourth-order valence-electron chi connectivity index (χ4n) is 6.33. The lowest BCUT2D eigenvalue weighted by Crippen LogP contribution is -2.35. The Bertz CT molecular complexity index is 1340. The van der Waals surface area contributed by atoms with Crippen LogP contribution in [-0.4, -0.2) is 52.2 Å². The minimum absolute atomic E-state index is 0.204. The van der Waals surface area contributed by atoms with E-state index in [1.807, 2.05) is 26.0 Å². The first-order valence-electron chi connectivity index (χ1n) is 13.8. The van der Waals surface area contributed by atoms with Crippen molar-refractivity contribution in [1.82, 2.24) is 19.1 Å². The zero-order valence-electron chi connectivity index (χ0n) is 23.3. The summed E-state index contributed by atoms with van der Waals surface area (Å²) in [5.41, 5.74) is 2.78. The van der Waals surface area contributed by atoms with Crippen LogP contribution in [0.5, 0.6) is 0 Å². The van der Waals surface area contributed by atoms with Crippen molar-refractivity contribution in [2.75, 3.05) is 18.4 Å². The number of aromatic nitrogens is 3. The highest BCUT2D eigenvalue weighted by molar-refractivity contribution is 7.89. The lowest BCUT2D eigenvalue weighted by molar-refractivity contribution is -0.119. The van der Waals surface area contributed by atoms with E-state index in [4.69, 9.17) is 0 Å². The normalized spacial score (nSPS) is 26.2. The largest absolute Gasteiger partial charge is 0.350 e.